The summed E-state index contributed by atoms with van der Waals surface area (Å²) in [5, 5.41) is 4.06. The molecule has 0 heteroatoms. The van der Waals surface area contributed by atoms with Gasteiger partial charge in [-0.3, -0.25) is 0 Å². The van der Waals surface area contributed by atoms with Crippen LogP contribution < -0.4 is 0 Å². The molecule has 0 aromatic heterocycles. The highest BCUT2D eigenvalue weighted by atomic mass is 14.2. The third kappa shape index (κ3) is 3.65. The number of benzene rings is 6. The molecule has 0 atom stereocenters. The van der Waals surface area contributed by atoms with Gasteiger partial charge in [-0.05, 0) is 72.1 Å². The van der Waals surface area contributed by atoms with E-state index in [9.17, 15) is 0 Å². The summed E-state index contributed by atoms with van der Waals surface area (Å²) in [5.41, 5.74) is 6.34. The van der Waals surface area contributed by atoms with Gasteiger partial charge in [-0.15, -0.1) is 0 Å². The lowest BCUT2D eigenvalue weighted by Crippen LogP contribution is -1.96. The predicted octanol–water partition coefficient (Wildman–Crippen LogP) is 10.3. The van der Waals surface area contributed by atoms with Gasteiger partial charge >= 0.3 is 0 Å². The summed E-state index contributed by atoms with van der Waals surface area (Å²) in [4.78, 5) is 0. The molecule has 0 saturated carbocycles. The van der Waals surface area contributed by atoms with Crippen LogP contribution >= 0.6 is 0 Å². The Labute approximate surface area is 219 Å². The second-order valence-corrected chi connectivity index (χ2v) is 8.67. The molecule has 0 aliphatic carbocycles. The summed E-state index contributed by atoms with van der Waals surface area (Å²) in [6.45, 7) is 8.18. The molecule has 0 bridgehead atoms. The molecule has 0 fully saturated rings. The molecule has 0 radical (unpaired) electrons. The smallest absolute Gasteiger partial charge is 0.0629 e. The first-order valence-electron chi connectivity index (χ1n) is 14.4. The van der Waals surface area contributed by atoms with Gasteiger partial charge in [-0.25, -0.2) is 0 Å². The first kappa shape index (κ1) is 16.9. The van der Waals surface area contributed by atoms with Crippen molar-refractivity contribution in [3.63, 3.8) is 0 Å². The molecule has 6 aromatic rings. The Morgan fingerprint density at radius 3 is 1.67 bits per heavy atom. The van der Waals surface area contributed by atoms with Gasteiger partial charge in [-0.1, -0.05) is 140 Å². The van der Waals surface area contributed by atoms with Crippen LogP contribution in [0.15, 0.2) is 134 Å². The quantitative estimate of drug-likeness (QED) is 0.238. The molecule has 0 spiro atoms. The summed E-state index contributed by atoms with van der Waals surface area (Å²) in [6, 6.07) is 29.3. The SMILES string of the molecule is [2H]c1c([2H])c([2H])c(-c2c(C=C)c(C=C)c(-c3ccc(-c4ccc5ccccc5c4)cc3)c3ccccc23)c([2H])c1[2H]. The van der Waals surface area contributed by atoms with Crippen molar-refractivity contribution in [1.29, 1.82) is 0 Å². The van der Waals surface area contributed by atoms with Gasteiger partial charge in [-0.2, -0.15) is 0 Å². The molecule has 6 aromatic carbocycles. The Morgan fingerprint density at radius 2 is 1.03 bits per heavy atom. The lowest BCUT2D eigenvalue weighted by Gasteiger charge is -2.20. The lowest BCUT2D eigenvalue weighted by molar-refractivity contribution is 1.57. The predicted molar refractivity (Wildman–Crippen MR) is 158 cm³/mol. The molecule has 170 valence electrons. The van der Waals surface area contributed by atoms with Gasteiger partial charge in [0.2, 0.25) is 0 Å². The summed E-state index contributed by atoms with van der Waals surface area (Å²) >= 11 is 0. The molecule has 0 aliphatic rings. The van der Waals surface area contributed by atoms with Crippen molar-refractivity contribution in [3.05, 3.63) is 145 Å². The van der Waals surface area contributed by atoms with Crippen LogP contribution in [0, 0.1) is 0 Å². The zero-order chi connectivity index (χ0) is 28.8. The number of hydrogen-bond acceptors (Lipinski definition) is 0. The Bertz CT molecular complexity index is 1990. The maximum Gasteiger partial charge on any atom is 0.0629 e. The highest BCUT2D eigenvalue weighted by molar-refractivity contribution is 6.11. The van der Waals surface area contributed by atoms with Crippen LogP contribution in [0.5, 0.6) is 0 Å². The molecule has 0 saturated heterocycles. The van der Waals surface area contributed by atoms with Gasteiger partial charge in [0.05, 0.1) is 6.85 Å². The van der Waals surface area contributed by atoms with Crippen molar-refractivity contribution >= 4 is 33.7 Å². The van der Waals surface area contributed by atoms with Crippen molar-refractivity contribution in [2.24, 2.45) is 0 Å². The maximum atomic E-state index is 8.69. The van der Waals surface area contributed by atoms with E-state index in [1.54, 1.807) is 12.2 Å². The van der Waals surface area contributed by atoms with E-state index in [4.69, 9.17) is 6.85 Å². The van der Waals surface area contributed by atoms with Crippen molar-refractivity contribution in [3.8, 4) is 33.4 Å². The molecule has 0 N–H and O–H groups in total. The molecule has 0 amide bonds. The zero-order valence-corrected chi connectivity index (χ0v) is 19.7. The zero-order valence-electron chi connectivity index (χ0n) is 24.7. The Balaban J connectivity index is 1.60. The monoisotopic (exact) mass is 463 g/mol. The highest BCUT2D eigenvalue weighted by Crippen LogP contribution is 2.43. The fourth-order valence-electron chi connectivity index (χ4n) is 5.06. The van der Waals surface area contributed by atoms with Gasteiger partial charge in [0.1, 0.15) is 0 Å². The standard InChI is InChI=1S/C36H26/c1-3-31-32(4-2)36(34-17-11-10-16-33(34)35(31)27-13-6-5-7-14-27)28-21-18-26(19-22-28)30-23-20-25-12-8-9-15-29(25)24-30/h3-24H,1-2H2/i5D,6D,7D,13D,14D. The molecule has 0 aliphatic heterocycles. The van der Waals surface area contributed by atoms with Crippen LogP contribution in [0.2, 0.25) is 0 Å². The molecule has 36 heavy (non-hydrogen) atoms. The van der Waals surface area contributed by atoms with Crippen LogP contribution in [-0.4, -0.2) is 0 Å². The van der Waals surface area contributed by atoms with Crippen molar-refractivity contribution in [2.45, 2.75) is 0 Å². The van der Waals surface area contributed by atoms with Crippen LogP contribution in [0.1, 0.15) is 18.0 Å². The minimum atomic E-state index is -0.416. The van der Waals surface area contributed by atoms with Gasteiger partial charge in [0.25, 0.3) is 0 Å². The average molecular weight is 464 g/mol. The van der Waals surface area contributed by atoms with Crippen LogP contribution in [0.4, 0.5) is 0 Å². The second kappa shape index (κ2) is 9.17. The maximum absolute atomic E-state index is 8.69. The Kier molecular flexibility index (Phi) is 4.29. The first-order valence-corrected chi connectivity index (χ1v) is 11.9. The van der Waals surface area contributed by atoms with E-state index in [0.29, 0.717) is 11.1 Å². The molecular formula is C36H26. The fraction of sp³-hybridized carbons (Fsp3) is 0. The molecular weight excluding hydrogens is 432 g/mol. The van der Waals surface area contributed by atoms with Crippen molar-refractivity contribution in [1.82, 2.24) is 0 Å². The third-order valence-electron chi connectivity index (χ3n) is 6.71. The normalized spacial score (nSPS) is 12.9. The van der Waals surface area contributed by atoms with Gasteiger partial charge < -0.3 is 0 Å². The molecule has 6 rings (SSSR count). The average Bonchev–Trinajstić information content (AvgIpc) is 3.02. The summed E-state index contributed by atoms with van der Waals surface area (Å²) in [7, 11) is 0. The number of hydrogen-bond donors (Lipinski definition) is 0. The van der Waals surface area contributed by atoms with Gasteiger partial charge in [0.15, 0.2) is 0 Å². The summed E-state index contributed by atoms with van der Waals surface area (Å²) in [5.74, 6) is 0. The summed E-state index contributed by atoms with van der Waals surface area (Å²) in [6.07, 6.45) is 3.45. The van der Waals surface area contributed by atoms with E-state index >= 15 is 0 Å². The van der Waals surface area contributed by atoms with Crippen molar-refractivity contribution < 1.29 is 6.85 Å². The molecule has 0 unspecified atom stereocenters. The van der Waals surface area contributed by atoms with Crippen molar-refractivity contribution in [2.75, 3.05) is 0 Å². The van der Waals surface area contributed by atoms with E-state index in [1.165, 1.54) is 10.8 Å². The largest absolute Gasteiger partial charge is 0.0984 e. The fourth-order valence-corrected chi connectivity index (χ4v) is 5.06. The Morgan fingerprint density at radius 1 is 0.500 bits per heavy atom. The third-order valence-corrected chi connectivity index (χ3v) is 6.71. The number of fused-ring (bicyclic) bond motifs is 2. The van der Waals surface area contributed by atoms with Gasteiger partial charge in [0, 0.05) is 0 Å². The second-order valence-electron chi connectivity index (χ2n) is 8.67. The van der Waals surface area contributed by atoms with E-state index in [1.807, 2.05) is 36.4 Å². The molecule has 0 heterocycles. The highest BCUT2D eigenvalue weighted by Gasteiger charge is 2.18. The van der Waals surface area contributed by atoms with E-state index in [0.717, 1.165) is 38.6 Å². The molecule has 0 nitrogen and oxygen atoms in total. The van der Waals surface area contributed by atoms with E-state index in [2.05, 4.69) is 67.8 Å². The lowest BCUT2D eigenvalue weighted by atomic mass is 9.83. The van der Waals surface area contributed by atoms with Crippen LogP contribution in [0.25, 0.3) is 67.1 Å². The summed E-state index contributed by atoms with van der Waals surface area (Å²) < 4.78 is 42.0. The minimum absolute atomic E-state index is 0.156. The minimum Gasteiger partial charge on any atom is -0.0984 e. The topological polar surface area (TPSA) is 0 Å². The van der Waals surface area contributed by atoms with Crippen LogP contribution in [0.3, 0.4) is 0 Å². The number of rotatable bonds is 5. The van der Waals surface area contributed by atoms with Crippen LogP contribution in [-0.2, 0) is 0 Å². The van der Waals surface area contributed by atoms with E-state index in [-0.39, 0.29) is 29.7 Å². The van der Waals surface area contributed by atoms with E-state index < -0.39 is 6.04 Å². The first-order chi connectivity index (χ1) is 19.8. The Hall–Kier alpha value is -4.68.